The first-order chi connectivity index (χ1) is 11.6. The molecule has 2 heterocycles. The van der Waals surface area contributed by atoms with Crippen LogP contribution in [0.2, 0.25) is 0 Å². The average molecular weight is 401 g/mol. The third-order valence-corrected chi connectivity index (χ3v) is 5.34. The standard InChI is InChI=1S/C21H25N2O.BrH/c1-16-6-10-18(11-7-16)21(24)15-22(19-12-8-17(2)9-13-19)20-5-3-4-14-23(20)21;/h6-13,24H,3-5,14-15H2,1-2H3;1H/q+1;/p-1. The minimum absolute atomic E-state index is 0. The highest BCUT2D eigenvalue weighted by atomic mass is 79.9. The van der Waals surface area contributed by atoms with Gasteiger partial charge >= 0.3 is 0 Å². The maximum atomic E-state index is 11.6. The second kappa shape index (κ2) is 6.93. The Morgan fingerprint density at radius 2 is 1.52 bits per heavy atom. The molecule has 4 heteroatoms. The molecule has 25 heavy (non-hydrogen) atoms. The minimum Gasteiger partial charge on any atom is -1.00 e. The van der Waals surface area contributed by atoms with Crippen LogP contribution >= 0.6 is 0 Å². The average Bonchev–Trinajstić information content (AvgIpc) is 2.91. The molecule has 0 amide bonds. The highest BCUT2D eigenvalue weighted by molar-refractivity contribution is 5.96. The molecule has 4 rings (SSSR count). The van der Waals surface area contributed by atoms with E-state index in [9.17, 15) is 5.11 Å². The van der Waals surface area contributed by atoms with E-state index in [1.807, 2.05) is 0 Å². The van der Waals surface area contributed by atoms with Crippen molar-refractivity contribution in [2.24, 2.45) is 0 Å². The second-order valence-electron chi connectivity index (χ2n) is 7.13. The van der Waals surface area contributed by atoms with Crippen molar-refractivity contribution in [3.05, 3.63) is 65.2 Å². The Morgan fingerprint density at radius 3 is 2.16 bits per heavy atom. The van der Waals surface area contributed by atoms with Crippen LogP contribution in [0, 0.1) is 13.8 Å². The third kappa shape index (κ3) is 3.13. The molecule has 1 atom stereocenters. The fraction of sp³-hybridized carbons (Fsp3) is 0.381. The van der Waals surface area contributed by atoms with Gasteiger partial charge in [-0.05, 0) is 38.8 Å². The second-order valence-corrected chi connectivity index (χ2v) is 7.13. The van der Waals surface area contributed by atoms with Crippen molar-refractivity contribution in [1.82, 2.24) is 0 Å². The lowest BCUT2D eigenvalue weighted by Crippen LogP contribution is -3.00. The van der Waals surface area contributed by atoms with Gasteiger partial charge in [0.15, 0.2) is 6.54 Å². The van der Waals surface area contributed by atoms with Gasteiger partial charge in [-0.2, -0.15) is 0 Å². The maximum Gasteiger partial charge on any atom is 0.271 e. The summed E-state index contributed by atoms with van der Waals surface area (Å²) in [5.41, 5.74) is 3.71. The van der Waals surface area contributed by atoms with Gasteiger partial charge < -0.3 is 22.1 Å². The van der Waals surface area contributed by atoms with E-state index in [0.717, 1.165) is 24.9 Å². The Bertz CT molecular complexity index is 783. The fourth-order valence-electron chi connectivity index (χ4n) is 3.93. The van der Waals surface area contributed by atoms with Gasteiger partial charge in [-0.15, -0.1) is 0 Å². The van der Waals surface area contributed by atoms with Crippen molar-refractivity contribution in [3.8, 4) is 0 Å². The van der Waals surface area contributed by atoms with Crippen molar-refractivity contribution in [1.29, 1.82) is 0 Å². The van der Waals surface area contributed by atoms with Crippen molar-refractivity contribution in [2.45, 2.75) is 38.8 Å². The summed E-state index contributed by atoms with van der Waals surface area (Å²) in [5.74, 6) is 1.26. The zero-order valence-corrected chi connectivity index (χ0v) is 16.5. The molecule has 0 spiro atoms. The molecule has 2 aromatic rings. The molecule has 0 aliphatic carbocycles. The van der Waals surface area contributed by atoms with E-state index in [0.29, 0.717) is 6.54 Å². The van der Waals surface area contributed by atoms with Crippen LogP contribution < -0.4 is 21.9 Å². The molecule has 0 fully saturated rings. The summed E-state index contributed by atoms with van der Waals surface area (Å²) in [6, 6.07) is 16.9. The molecule has 2 aliphatic rings. The van der Waals surface area contributed by atoms with Gasteiger partial charge in [-0.3, -0.25) is 0 Å². The first kappa shape index (κ1) is 18.2. The van der Waals surface area contributed by atoms with Gasteiger partial charge in [0.05, 0.1) is 6.54 Å². The number of aryl methyl sites for hydroxylation is 2. The summed E-state index contributed by atoms with van der Waals surface area (Å²) in [5, 5.41) is 11.6. The number of benzene rings is 2. The predicted octanol–water partition coefficient (Wildman–Crippen LogP) is 0.568. The molecule has 0 saturated heterocycles. The van der Waals surface area contributed by atoms with E-state index in [-0.39, 0.29) is 17.0 Å². The lowest BCUT2D eigenvalue weighted by atomic mass is 10.0. The third-order valence-electron chi connectivity index (χ3n) is 5.34. The number of nitrogens with zero attached hydrogens (tertiary/aromatic N) is 2. The van der Waals surface area contributed by atoms with E-state index in [4.69, 9.17) is 0 Å². The summed E-state index contributed by atoms with van der Waals surface area (Å²) in [6.45, 7) is 5.70. The summed E-state index contributed by atoms with van der Waals surface area (Å²) in [4.78, 5) is 2.30. The summed E-state index contributed by atoms with van der Waals surface area (Å²) in [6.07, 6.45) is 3.36. The van der Waals surface area contributed by atoms with Crippen LogP contribution in [0.25, 0.3) is 0 Å². The molecular formula is C21H25BrN2O. The van der Waals surface area contributed by atoms with E-state index >= 15 is 0 Å². The van der Waals surface area contributed by atoms with Gasteiger partial charge in [-0.1, -0.05) is 47.5 Å². The predicted molar refractivity (Wildman–Crippen MR) is 97.6 cm³/mol. The minimum atomic E-state index is -0.936. The number of hydrogen-bond acceptors (Lipinski definition) is 2. The molecule has 1 unspecified atom stereocenters. The smallest absolute Gasteiger partial charge is 0.271 e. The van der Waals surface area contributed by atoms with Gasteiger partial charge in [0.2, 0.25) is 0 Å². The number of rotatable bonds is 2. The highest BCUT2D eigenvalue weighted by Crippen LogP contribution is 2.35. The van der Waals surface area contributed by atoms with Gasteiger partial charge in [0.25, 0.3) is 11.6 Å². The molecule has 132 valence electrons. The Balaban J connectivity index is 0.00000182. The molecule has 0 saturated carbocycles. The van der Waals surface area contributed by atoms with Crippen LogP contribution in [-0.2, 0) is 5.72 Å². The summed E-state index contributed by atoms with van der Waals surface area (Å²) < 4.78 is 2.22. The molecule has 2 aromatic carbocycles. The lowest BCUT2D eigenvalue weighted by molar-refractivity contribution is -0.661. The molecule has 0 bridgehead atoms. The molecule has 0 aromatic heterocycles. The van der Waals surface area contributed by atoms with Crippen LogP contribution in [-0.4, -0.2) is 28.6 Å². The van der Waals surface area contributed by atoms with Gasteiger partial charge in [0, 0.05) is 12.0 Å². The van der Waals surface area contributed by atoms with Crippen molar-refractivity contribution >= 4 is 11.5 Å². The molecule has 0 radical (unpaired) electrons. The lowest BCUT2D eigenvalue weighted by Gasteiger charge is -2.24. The van der Waals surface area contributed by atoms with Crippen LogP contribution in [0.4, 0.5) is 5.69 Å². The van der Waals surface area contributed by atoms with Crippen molar-refractivity contribution < 1.29 is 26.7 Å². The first-order valence-electron chi connectivity index (χ1n) is 8.85. The van der Waals surface area contributed by atoms with Crippen molar-refractivity contribution in [3.63, 3.8) is 0 Å². The van der Waals surface area contributed by atoms with Gasteiger partial charge in [-0.25, -0.2) is 9.48 Å². The summed E-state index contributed by atoms with van der Waals surface area (Å²) >= 11 is 0. The number of anilines is 1. The monoisotopic (exact) mass is 400 g/mol. The quantitative estimate of drug-likeness (QED) is 0.745. The topological polar surface area (TPSA) is 26.5 Å². The number of aliphatic hydroxyl groups is 1. The Hall–Kier alpha value is -1.65. The van der Waals surface area contributed by atoms with E-state index in [1.54, 1.807) is 0 Å². The fourth-order valence-corrected chi connectivity index (χ4v) is 3.93. The summed E-state index contributed by atoms with van der Waals surface area (Å²) in [7, 11) is 0. The van der Waals surface area contributed by atoms with Crippen molar-refractivity contribution in [2.75, 3.05) is 18.0 Å². The van der Waals surface area contributed by atoms with E-state index < -0.39 is 5.72 Å². The first-order valence-corrected chi connectivity index (χ1v) is 8.85. The van der Waals surface area contributed by atoms with Crippen LogP contribution in [0.15, 0.2) is 48.5 Å². The normalized spacial score (nSPS) is 22.6. The number of halogens is 1. The number of β-amino-alcohol motifs (C(OH)–C–C–N with tert-alkyl or cyclic N) is 1. The van der Waals surface area contributed by atoms with Crippen LogP contribution in [0.3, 0.4) is 0 Å². The zero-order valence-electron chi connectivity index (χ0n) is 14.9. The molecular weight excluding hydrogens is 376 g/mol. The molecule has 3 nitrogen and oxygen atoms in total. The molecule has 1 N–H and O–H groups in total. The van der Waals surface area contributed by atoms with E-state index in [2.05, 4.69) is 71.9 Å². The Labute approximate surface area is 160 Å². The van der Waals surface area contributed by atoms with Crippen LogP contribution in [0.5, 0.6) is 0 Å². The Morgan fingerprint density at radius 1 is 0.920 bits per heavy atom. The van der Waals surface area contributed by atoms with E-state index in [1.165, 1.54) is 29.1 Å². The number of hydrogen-bond donors (Lipinski definition) is 1. The maximum absolute atomic E-state index is 11.6. The number of amidine groups is 1. The SMILES string of the molecule is Cc1ccc(N2CC(O)(c3ccc(C)cc3)[N+]3=C2CCCC3)cc1.[Br-]. The van der Waals surface area contributed by atoms with Crippen LogP contribution in [0.1, 0.15) is 36.0 Å². The highest BCUT2D eigenvalue weighted by Gasteiger charge is 2.52. The van der Waals surface area contributed by atoms with Gasteiger partial charge in [0.1, 0.15) is 5.69 Å². The largest absolute Gasteiger partial charge is 1.00 e. The Kier molecular flexibility index (Phi) is 5.03. The zero-order chi connectivity index (χ0) is 16.7. The molecule has 2 aliphatic heterocycles.